The Kier molecular flexibility index (Phi) is 4.99. The first kappa shape index (κ1) is 18.5. The van der Waals surface area contributed by atoms with Crippen LogP contribution in [0.25, 0.3) is 0 Å². The predicted molar refractivity (Wildman–Crippen MR) is 104 cm³/mol. The molecule has 2 aliphatic rings. The highest BCUT2D eigenvalue weighted by Crippen LogP contribution is 2.43. The highest BCUT2D eigenvalue weighted by atomic mass is 32.2. The van der Waals surface area contributed by atoms with Crippen molar-refractivity contribution < 1.29 is 13.2 Å². The molecule has 0 saturated carbocycles. The number of thioether (sulfide) groups is 1. The molecule has 136 valence electrons. The number of fused-ring (bicyclic) bond motifs is 1. The summed E-state index contributed by atoms with van der Waals surface area (Å²) in [6, 6.07) is 7.83. The van der Waals surface area contributed by atoms with Crippen molar-refractivity contribution in [3.63, 3.8) is 0 Å². The molecule has 1 amide bonds. The minimum atomic E-state index is -3.05. The molecule has 2 fully saturated rings. The van der Waals surface area contributed by atoms with E-state index in [0.29, 0.717) is 11.1 Å². The van der Waals surface area contributed by atoms with Crippen LogP contribution in [0.2, 0.25) is 0 Å². The number of carbonyl (C=O) groups is 1. The molecule has 0 unspecified atom stereocenters. The van der Waals surface area contributed by atoms with Crippen LogP contribution in [0.3, 0.4) is 0 Å². The lowest BCUT2D eigenvalue weighted by Crippen LogP contribution is -2.38. The second-order valence-electron chi connectivity index (χ2n) is 7.27. The summed E-state index contributed by atoms with van der Waals surface area (Å²) in [6.07, 6.45) is 0. The summed E-state index contributed by atoms with van der Waals surface area (Å²) in [5.41, 5.74) is 2.10. The number of amides is 1. The molecule has 3 rings (SSSR count). The van der Waals surface area contributed by atoms with E-state index >= 15 is 0 Å². The van der Waals surface area contributed by atoms with Gasteiger partial charge in [0.25, 0.3) is 5.91 Å². The summed E-state index contributed by atoms with van der Waals surface area (Å²) in [7, 11) is -3.05. The van der Waals surface area contributed by atoms with Crippen molar-refractivity contribution in [2.24, 2.45) is 10.9 Å². The number of hydrogen-bond donors (Lipinski definition) is 0. The zero-order valence-electron chi connectivity index (χ0n) is 15.0. The number of para-hydroxylation sites is 1. The van der Waals surface area contributed by atoms with Crippen LogP contribution in [-0.4, -0.2) is 42.3 Å². The zero-order valence-corrected chi connectivity index (χ0v) is 16.6. The predicted octanol–water partition coefficient (Wildman–Crippen LogP) is 3.07. The maximum atomic E-state index is 12.2. The van der Waals surface area contributed by atoms with Gasteiger partial charge in [-0.05, 0) is 17.5 Å². The van der Waals surface area contributed by atoms with Crippen molar-refractivity contribution in [2.45, 2.75) is 44.9 Å². The van der Waals surface area contributed by atoms with Crippen molar-refractivity contribution in [3.05, 3.63) is 29.8 Å². The molecule has 0 aliphatic carbocycles. The molecule has 1 aromatic rings. The van der Waals surface area contributed by atoms with Gasteiger partial charge in [0.1, 0.15) is 0 Å². The second-order valence-corrected chi connectivity index (χ2v) is 10.6. The van der Waals surface area contributed by atoms with Crippen LogP contribution in [0.15, 0.2) is 29.3 Å². The quantitative estimate of drug-likeness (QED) is 0.806. The van der Waals surface area contributed by atoms with Crippen LogP contribution in [0.4, 0.5) is 5.69 Å². The number of benzene rings is 1. The number of anilines is 1. The van der Waals surface area contributed by atoms with Crippen LogP contribution in [0, 0.1) is 5.92 Å². The van der Waals surface area contributed by atoms with Crippen LogP contribution in [0.5, 0.6) is 0 Å². The van der Waals surface area contributed by atoms with E-state index in [1.54, 1.807) is 0 Å². The van der Waals surface area contributed by atoms with Crippen molar-refractivity contribution in [1.82, 2.24) is 0 Å². The fourth-order valence-corrected chi connectivity index (χ4v) is 7.18. The number of carbonyl (C=O) groups excluding carboxylic acids is 1. The number of amidine groups is 1. The van der Waals surface area contributed by atoms with Gasteiger partial charge in [0.2, 0.25) is 0 Å². The summed E-state index contributed by atoms with van der Waals surface area (Å²) in [5, 5.41) is 0.570. The van der Waals surface area contributed by atoms with E-state index in [1.807, 2.05) is 36.9 Å². The topological polar surface area (TPSA) is 66.8 Å². The molecule has 2 heterocycles. The molecule has 25 heavy (non-hydrogen) atoms. The van der Waals surface area contributed by atoms with Gasteiger partial charge in [-0.3, -0.25) is 4.79 Å². The molecule has 2 atom stereocenters. The minimum Gasteiger partial charge on any atom is -0.315 e. The molecule has 0 aromatic heterocycles. The normalized spacial score (nSPS) is 26.6. The third-order valence-corrected chi connectivity index (χ3v) is 7.79. The van der Waals surface area contributed by atoms with Crippen LogP contribution in [-0.2, 0) is 14.6 Å². The summed E-state index contributed by atoms with van der Waals surface area (Å²) in [5.74, 6) is 0.209. The Labute approximate surface area is 153 Å². The van der Waals surface area contributed by atoms with Gasteiger partial charge in [-0.1, -0.05) is 57.7 Å². The van der Waals surface area contributed by atoms with E-state index in [-0.39, 0.29) is 34.6 Å². The lowest BCUT2D eigenvalue weighted by atomic mass is 9.99. The van der Waals surface area contributed by atoms with Crippen molar-refractivity contribution in [2.75, 3.05) is 16.4 Å². The molecule has 0 spiro atoms. The lowest BCUT2D eigenvalue weighted by molar-refractivity contribution is -0.120. The van der Waals surface area contributed by atoms with E-state index in [1.165, 1.54) is 11.8 Å². The van der Waals surface area contributed by atoms with E-state index in [0.717, 1.165) is 11.3 Å². The first-order valence-corrected chi connectivity index (χ1v) is 11.3. The fraction of sp³-hybridized carbons (Fsp3) is 0.556. The van der Waals surface area contributed by atoms with Crippen molar-refractivity contribution in [1.29, 1.82) is 0 Å². The number of hydrogen-bond acceptors (Lipinski definition) is 4. The summed E-state index contributed by atoms with van der Waals surface area (Å²) in [4.78, 5) is 18.5. The number of aliphatic imine (C=N–C) groups is 1. The van der Waals surface area contributed by atoms with E-state index in [2.05, 4.69) is 24.9 Å². The van der Waals surface area contributed by atoms with Gasteiger partial charge in [0.15, 0.2) is 15.0 Å². The first-order chi connectivity index (χ1) is 11.7. The Morgan fingerprint density at radius 1 is 1.20 bits per heavy atom. The molecular weight excluding hydrogens is 356 g/mol. The molecule has 2 saturated heterocycles. The van der Waals surface area contributed by atoms with Gasteiger partial charge < -0.3 is 4.90 Å². The maximum absolute atomic E-state index is 12.2. The summed E-state index contributed by atoms with van der Waals surface area (Å²) >= 11 is 1.43. The van der Waals surface area contributed by atoms with E-state index in [9.17, 15) is 13.2 Å². The summed E-state index contributed by atoms with van der Waals surface area (Å²) in [6.45, 7) is 7.87. The average molecular weight is 381 g/mol. The average Bonchev–Trinajstić information content (AvgIpc) is 2.97. The monoisotopic (exact) mass is 380 g/mol. The third-order valence-electron chi connectivity index (χ3n) is 4.58. The zero-order chi connectivity index (χ0) is 18.4. The smallest absolute Gasteiger partial charge is 0.250 e. The Balaban J connectivity index is 2.09. The van der Waals surface area contributed by atoms with Gasteiger partial charge >= 0.3 is 0 Å². The standard InChI is InChI=1S/C18H24N2O3S2/c1-11(2)13-7-5-6-8-14(13)20-15-9-25(22,23)10-16(15)24-18(20)19-17(21)12(3)4/h5-8,11-12,15-16H,9-10H2,1-4H3/t15-,16-/m0/s1. The molecular formula is C18H24N2O3S2. The highest BCUT2D eigenvalue weighted by molar-refractivity contribution is 8.16. The molecule has 0 bridgehead atoms. The number of nitrogens with zero attached hydrogens (tertiary/aromatic N) is 2. The largest absolute Gasteiger partial charge is 0.315 e. The Morgan fingerprint density at radius 3 is 2.52 bits per heavy atom. The van der Waals surface area contributed by atoms with Gasteiger partial charge in [0, 0.05) is 16.9 Å². The molecule has 0 N–H and O–H groups in total. The van der Waals surface area contributed by atoms with Gasteiger partial charge in [-0.15, -0.1) is 0 Å². The SMILES string of the molecule is CC(C)C(=O)N=C1S[C@H]2CS(=O)(=O)C[C@@H]2N1c1ccccc1C(C)C. The fourth-order valence-electron chi connectivity index (χ4n) is 3.26. The van der Waals surface area contributed by atoms with Crippen molar-refractivity contribution >= 4 is 38.4 Å². The van der Waals surface area contributed by atoms with Gasteiger partial charge in [-0.2, -0.15) is 4.99 Å². The van der Waals surface area contributed by atoms with Gasteiger partial charge in [-0.25, -0.2) is 8.42 Å². The van der Waals surface area contributed by atoms with E-state index in [4.69, 9.17) is 0 Å². The Bertz CT molecular complexity index is 815. The Morgan fingerprint density at radius 2 is 1.88 bits per heavy atom. The van der Waals surface area contributed by atoms with Gasteiger partial charge in [0.05, 0.1) is 17.5 Å². The maximum Gasteiger partial charge on any atom is 0.250 e. The second kappa shape index (κ2) is 6.76. The first-order valence-electron chi connectivity index (χ1n) is 8.57. The van der Waals surface area contributed by atoms with E-state index < -0.39 is 9.84 Å². The summed E-state index contributed by atoms with van der Waals surface area (Å²) < 4.78 is 24.3. The third kappa shape index (κ3) is 3.62. The molecule has 2 aliphatic heterocycles. The molecule has 5 nitrogen and oxygen atoms in total. The van der Waals surface area contributed by atoms with Crippen LogP contribution in [0.1, 0.15) is 39.2 Å². The number of rotatable bonds is 3. The molecule has 7 heteroatoms. The van der Waals surface area contributed by atoms with Crippen LogP contribution >= 0.6 is 11.8 Å². The lowest BCUT2D eigenvalue weighted by Gasteiger charge is -2.28. The highest BCUT2D eigenvalue weighted by Gasteiger charge is 2.49. The van der Waals surface area contributed by atoms with Crippen LogP contribution < -0.4 is 4.90 Å². The molecule has 0 radical (unpaired) electrons. The number of sulfone groups is 1. The molecule has 1 aromatic carbocycles. The van der Waals surface area contributed by atoms with Crippen molar-refractivity contribution in [3.8, 4) is 0 Å². The minimum absolute atomic E-state index is 0.0658. The Hall–Kier alpha value is -1.34.